The number of aromatic nitrogens is 2. The van der Waals surface area contributed by atoms with Crippen molar-refractivity contribution in [1.82, 2.24) is 36.1 Å². The number of amides is 5. The number of nitrogens with one attached hydrogen (secondary N) is 4. The summed E-state index contributed by atoms with van der Waals surface area (Å²) in [6.07, 6.45) is 10.9. The number of carbonyl (C=O) groups is 5. The molecule has 2 aliphatic carbocycles. The van der Waals surface area contributed by atoms with Gasteiger partial charge in [-0.05, 0) is 68.1 Å². The molecule has 0 aromatic carbocycles. The van der Waals surface area contributed by atoms with Crippen LogP contribution in [0, 0.1) is 29.1 Å². The van der Waals surface area contributed by atoms with E-state index in [-0.39, 0.29) is 41.3 Å². The van der Waals surface area contributed by atoms with Gasteiger partial charge in [-0.3, -0.25) is 29.0 Å². The Morgan fingerprint density at radius 3 is 2.22 bits per heavy atom. The molecule has 5 N–H and O–H groups in total. The number of likely N-dealkylation sites (tertiary alicyclic amines) is 1. The molecule has 1 unspecified atom stereocenters. The lowest BCUT2D eigenvalue weighted by molar-refractivity contribution is -0.146. The Bertz CT molecular complexity index is 1360. The second-order valence-corrected chi connectivity index (χ2v) is 16.4. The Balaban J connectivity index is 1.56. The smallest absolute Gasteiger partial charge is 0.272 e. The second-order valence-electron chi connectivity index (χ2n) is 16.4. The number of fused-ring (bicyclic) bond motifs is 1. The molecule has 3 aliphatic rings. The molecule has 1 aromatic heterocycles. The highest BCUT2D eigenvalue weighted by Gasteiger charge is 2.52. The lowest BCUT2D eigenvalue weighted by atomic mass is 9.82. The van der Waals surface area contributed by atoms with Crippen LogP contribution in [0.3, 0.4) is 0 Å². The minimum atomic E-state index is -1.45. The summed E-state index contributed by atoms with van der Waals surface area (Å²) >= 11 is 0. The molecule has 4 rings (SSSR count). The van der Waals surface area contributed by atoms with Crippen molar-refractivity contribution in [2.24, 2.45) is 29.1 Å². The maximum absolute atomic E-state index is 14.7. The monoisotopic (exact) mass is 711 g/mol. The van der Waals surface area contributed by atoms with Crippen LogP contribution in [-0.2, 0) is 19.2 Å². The molecule has 3 fully saturated rings. The van der Waals surface area contributed by atoms with E-state index in [0.29, 0.717) is 19.4 Å². The molecule has 0 spiro atoms. The van der Waals surface area contributed by atoms with Gasteiger partial charge in [0.1, 0.15) is 23.8 Å². The minimum Gasteiger partial charge on any atom is -0.381 e. The average molecular weight is 712 g/mol. The summed E-state index contributed by atoms with van der Waals surface area (Å²) in [5, 5.41) is 22.8. The fourth-order valence-corrected chi connectivity index (χ4v) is 7.96. The van der Waals surface area contributed by atoms with Crippen LogP contribution < -0.4 is 21.3 Å². The highest BCUT2D eigenvalue weighted by atomic mass is 16.3. The first-order valence-electron chi connectivity index (χ1n) is 19.1. The number of rotatable bonds is 14. The van der Waals surface area contributed by atoms with Crippen LogP contribution in [-0.4, -0.2) is 92.4 Å². The highest BCUT2D eigenvalue weighted by molar-refractivity contribution is 5.98. The summed E-state index contributed by atoms with van der Waals surface area (Å²) in [4.78, 5) is 79.0. The molecule has 0 bridgehead atoms. The lowest BCUT2D eigenvalue weighted by Crippen LogP contribution is -2.62. The Morgan fingerprint density at radius 2 is 1.61 bits per heavy atom. The third-order valence-electron chi connectivity index (χ3n) is 11.3. The van der Waals surface area contributed by atoms with E-state index in [2.05, 4.69) is 31.2 Å². The number of aliphatic hydroxyl groups excluding tert-OH is 1. The van der Waals surface area contributed by atoms with Gasteiger partial charge in [0.05, 0.1) is 12.2 Å². The van der Waals surface area contributed by atoms with Crippen molar-refractivity contribution >= 4 is 29.5 Å². The normalized spacial score (nSPS) is 23.8. The number of hydrogen-bond acceptors (Lipinski definition) is 8. The molecular weight excluding hydrogens is 650 g/mol. The standard InChI is InChI=1S/C38H61N7O6/c1-8-13-27(31(46)36(50)41-23(4)22(2)3)42-35(49)30-26-17-12-16-25(26)21-45(30)37(51)32(38(5,6)7)44-34(48)29(24-14-10-9-11-15-24)43-33(47)28-20-39-18-19-40-28/h18-20,22-27,29-32,46H,8-17,21H2,1-7H3,(H,41,50)(H,42,49)(H,43,47)(H,44,48)/t23-,25-,26-,27-,29-,30-,31?,32+/m0/s1. The van der Waals surface area contributed by atoms with Crippen molar-refractivity contribution in [3.63, 3.8) is 0 Å². The first kappa shape index (κ1) is 40.2. The van der Waals surface area contributed by atoms with Gasteiger partial charge in [-0.1, -0.05) is 73.6 Å². The molecule has 13 heteroatoms. The molecule has 51 heavy (non-hydrogen) atoms. The summed E-state index contributed by atoms with van der Waals surface area (Å²) < 4.78 is 0. The fraction of sp³-hybridized carbons (Fsp3) is 0.763. The first-order chi connectivity index (χ1) is 24.1. The van der Waals surface area contributed by atoms with Crippen molar-refractivity contribution in [3.8, 4) is 0 Å². The highest BCUT2D eigenvalue weighted by Crippen LogP contribution is 2.43. The topological polar surface area (TPSA) is 183 Å². The van der Waals surface area contributed by atoms with Gasteiger partial charge in [0.25, 0.3) is 11.8 Å². The van der Waals surface area contributed by atoms with E-state index in [9.17, 15) is 29.1 Å². The molecular formula is C38H61N7O6. The van der Waals surface area contributed by atoms with Gasteiger partial charge in [0.15, 0.2) is 6.10 Å². The molecule has 284 valence electrons. The summed E-state index contributed by atoms with van der Waals surface area (Å²) in [5.74, 6) is -2.12. The molecule has 1 aromatic rings. The molecule has 2 heterocycles. The maximum atomic E-state index is 14.7. The molecule has 8 atom stereocenters. The fourth-order valence-electron chi connectivity index (χ4n) is 7.96. The van der Waals surface area contributed by atoms with Crippen LogP contribution in [0.4, 0.5) is 0 Å². The van der Waals surface area contributed by atoms with E-state index in [1.54, 1.807) is 4.90 Å². The van der Waals surface area contributed by atoms with E-state index in [0.717, 1.165) is 51.4 Å². The van der Waals surface area contributed by atoms with Crippen LogP contribution in [0.25, 0.3) is 0 Å². The Labute approximate surface area is 303 Å². The van der Waals surface area contributed by atoms with E-state index in [1.165, 1.54) is 18.6 Å². The Morgan fingerprint density at radius 1 is 0.902 bits per heavy atom. The third kappa shape index (κ3) is 10.0. The van der Waals surface area contributed by atoms with Crippen molar-refractivity contribution in [3.05, 3.63) is 24.3 Å². The predicted molar refractivity (Wildman–Crippen MR) is 193 cm³/mol. The molecule has 2 saturated carbocycles. The van der Waals surface area contributed by atoms with E-state index < -0.39 is 59.3 Å². The number of hydrogen-bond donors (Lipinski definition) is 5. The van der Waals surface area contributed by atoms with Crippen molar-refractivity contribution < 1.29 is 29.1 Å². The summed E-state index contributed by atoms with van der Waals surface area (Å²) in [5.41, 5.74) is -0.630. The molecule has 1 saturated heterocycles. The zero-order chi connectivity index (χ0) is 37.5. The van der Waals surface area contributed by atoms with E-state index in [1.807, 2.05) is 48.5 Å². The molecule has 0 radical (unpaired) electrons. The zero-order valence-corrected chi connectivity index (χ0v) is 31.6. The van der Waals surface area contributed by atoms with Gasteiger partial charge in [0, 0.05) is 25.0 Å². The molecule has 13 nitrogen and oxygen atoms in total. The predicted octanol–water partition coefficient (Wildman–Crippen LogP) is 3.12. The van der Waals surface area contributed by atoms with Crippen LogP contribution in [0.1, 0.15) is 123 Å². The minimum absolute atomic E-state index is 0.0688. The summed E-state index contributed by atoms with van der Waals surface area (Å²) in [7, 11) is 0. The number of aliphatic hydroxyl groups is 1. The van der Waals surface area contributed by atoms with Gasteiger partial charge < -0.3 is 31.3 Å². The van der Waals surface area contributed by atoms with Crippen LogP contribution >= 0.6 is 0 Å². The van der Waals surface area contributed by atoms with Crippen molar-refractivity contribution in [2.75, 3.05) is 6.54 Å². The Hall–Kier alpha value is -3.61. The van der Waals surface area contributed by atoms with Gasteiger partial charge >= 0.3 is 0 Å². The van der Waals surface area contributed by atoms with Gasteiger partial charge in [-0.25, -0.2) is 4.98 Å². The number of nitrogens with zero attached hydrogens (tertiary/aromatic N) is 3. The summed E-state index contributed by atoms with van der Waals surface area (Å²) in [6, 6.07) is -3.66. The quantitative estimate of drug-likeness (QED) is 0.195. The van der Waals surface area contributed by atoms with Crippen LogP contribution in [0.2, 0.25) is 0 Å². The van der Waals surface area contributed by atoms with Gasteiger partial charge in [0.2, 0.25) is 17.7 Å². The SMILES string of the molecule is CCC[C@H](NC(=O)[C@@H]1[C@H]2CCC[C@H]2CN1C(=O)[C@@H](NC(=O)[C@@H](NC(=O)c1cnccn1)C1CCCCC1)C(C)(C)C)C(O)C(=O)N[C@@H](C)C(C)C. The summed E-state index contributed by atoms with van der Waals surface area (Å²) in [6.45, 7) is 13.8. The maximum Gasteiger partial charge on any atom is 0.272 e. The van der Waals surface area contributed by atoms with Gasteiger partial charge in [-0.2, -0.15) is 0 Å². The number of carbonyl (C=O) groups excluding carboxylic acids is 5. The van der Waals surface area contributed by atoms with E-state index >= 15 is 0 Å². The average Bonchev–Trinajstić information content (AvgIpc) is 3.70. The van der Waals surface area contributed by atoms with Crippen molar-refractivity contribution in [2.45, 2.75) is 149 Å². The molecule has 1 aliphatic heterocycles. The third-order valence-corrected chi connectivity index (χ3v) is 11.3. The van der Waals surface area contributed by atoms with Crippen LogP contribution in [0.15, 0.2) is 18.6 Å². The molecule has 5 amide bonds. The zero-order valence-electron chi connectivity index (χ0n) is 31.6. The second kappa shape index (κ2) is 17.7. The Kier molecular flexibility index (Phi) is 14.0. The van der Waals surface area contributed by atoms with Crippen LogP contribution in [0.5, 0.6) is 0 Å². The van der Waals surface area contributed by atoms with Crippen molar-refractivity contribution in [1.29, 1.82) is 0 Å². The van der Waals surface area contributed by atoms with Gasteiger partial charge in [-0.15, -0.1) is 0 Å². The first-order valence-corrected chi connectivity index (χ1v) is 19.1. The largest absolute Gasteiger partial charge is 0.381 e. The lowest BCUT2D eigenvalue weighted by Gasteiger charge is -2.38. The van der Waals surface area contributed by atoms with E-state index in [4.69, 9.17) is 0 Å².